The fraction of sp³-hybridized carbons (Fsp3) is 0.875. The first-order valence-electron chi connectivity index (χ1n) is 4.20. The van der Waals surface area contributed by atoms with Crippen molar-refractivity contribution in [1.82, 2.24) is 0 Å². The van der Waals surface area contributed by atoms with Gasteiger partial charge in [0.05, 0.1) is 19.1 Å². The molecule has 0 amide bonds. The van der Waals surface area contributed by atoms with Crippen LogP contribution in [0.15, 0.2) is 0 Å². The molecule has 1 rings (SSSR count). The topological polar surface area (TPSA) is 55.8 Å². The van der Waals surface area contributed by atoms with Crippen LogP contribution in [-0.4, -0.2) is 30.6 Å². The number of hydrogen-bond donors (Lipinski definition) is 1. The first-order valence-corrected chi connectivity index (χ1v) is 4.20. The predicted octanol–water partition coefficient (Wildman–Crippen LogP) is 0.860. The molecule has 0 saturated carbocycles. The van der Waals surface area contributed by atoms with E-state index in [4.69, 9.17) is 14.6 Å². The molecule has 1 heterocycles. The van der Waals surface area contributed by atoms with Crippen molar-refractivity contribution in [3.63, 3.8) is 0 Å². The van der Waals surface area contributed by atoms with E-state index in [9.17, 15) is 4.79 Å². The normalized spacial score (nSPS) is 21.1. The number of carboxylic acid groups (broad SMARTS) is 1. The van der Waals surface area contributed by atoms with Gasteiger partial charge in [-0.25, -0.2) is 0 Å². The van der Waals surface area contributed by atoms with Gasteiger partial charge >= 0.3 is 5.97 Å². The highest BCUT2D eigenvalue weighted by atomic mass is 16.7. The molecule has 0 bridgehead atoms. The van der Waals surface area contributed by atoms with Gasteiger partial charge in [-0.3, -0.25) is 4.79 Å². The lowest BCUT2D eigenvalue weighted by atomic mass is 10.0. The minimum absolute atomic E-state index is 0.300. The molecule has 4 heteroatoms. The summed E-state index contributed by atoms with van der Waals surface area (Å²) in [5.74, 6) is -1.11. The summed E-state index contributed by atoms with van der Waals surface area (Å²) in [5.41, 5.74) is 0. The van der Waals surface area contributed by atoms with E-state index in [1.165, 1.54) is 0 Å². The molecule has 1 aliphatic rings. The molecule has 0 aromatic rings. The van der Waals surface area contributed by atoms with Crippen molar-refractivity contribution in [2.24, 2.45) is 5.92 Å². The lowest BCUT2D eigenvalue weighted by Gasteiger charge is -2.13. The number of ether oxygens (including phenoxy) is 2. The van der Waals surface area contributed by atoms with Gasteiger partial charge in [0.2, 0.25) is 0 Å². The molecule has 0 radical (unpaired) electrons. The molecular weight excluding hydrogens is 160 g/mol. The Morgan fingerprint density at radius 3 is 2.58 bits per heavy atom. The minimum atomic E-state index is -0.767. The summed E-state index contributed by atoms with van der Waals surface area (Å²) in [6.07, 6.45) is 0.788. The minimum Gasteiger partial charge on any atom is -0.481 e. The second-order valence-electron chi connectivity index (χ2n) is 2.85. The molecule has 1 N–H and O–H groups in total. The zero-order valence-electron chi connectivity index (χ0n) is 7.16. The summed E-state index contributed by atoms with van der Waals surface area (Å²) in [4.78, 5) is 10.6. The van der Waals surface area contributed by atoms with E-state index in [2.05, 4.69) is 0 Å². The van der Waals surface area contributed by atoms with Gasteiger partial charge in [0.25, 0.3) is 0 Å². The van der Waals surface area contributed by atoms with Crippen LogP contribution in [0.3, 0.4) is 0 Å². The van der Waals surface area contributed by atoms with Crippen molar-refractivity contribution < 1.29 is 19.4 Å². The molecular formula is C8H14O4. The summed E-state index contributed by atoms with van der Waals surface area (Å²) >= 11 is 0. The zero-order chi connectivity index (χ0) is 8.97. The Morgan fingerprint density at radius 1 is 1.58 bits per heavy atom. The van der Waals surface area contributed by atoms with Crippen molar-refractivity contribution in [3.8, 4) is 0 Å². The van der Waals surface area contributed by atoms with Crippen LogP contribution in [0.2, 0.25) is 0 Å². The van der Waals surface area contributed by atoms with Crippen molar-refractivity contribution >= 4 is 5.97 Å². The molecule has 70 valence electrons. The first-order chi connectivity index (χ1) is 5.74. The van der Waals surface area contributed by atoms with E-state index in [0.29, 0.717) is 26.1 Å². The lowest BCUT2D eigenvalue weighted by molar-refractivity contribution is -0.145. The van der Waals surface area contributed by atoms with Gasteiger partial charge in [0, 0.05) is 6.42 Å². The van der Waals surface area contributed by atoms with Crippen LogP contribution in [0.4, 0.5) is 0 Å². The Bertz CT molecular complexity index is 151. The first kappa shape index (κ1) is 9.48. The number of carbonyl (C=O) groups is 1. The third-order valence-corrected chi connectivity index (χ3v) is 2.01. The van der Waals surface area contributed by atoms with Crippen molar-refractivity contribution in [2.45, 2.75) is 26.1 Å². The number of aliphatic carboxylic acids is 1. The van der Waals surface area contributed by atoms with E-state index in [0.717, 1.165) is 0 Å². The Balaban J connectivity index is 2.30. The van der Waals surface area contributed by atoms with Crippen molar-refractivity contribution in [1.29, 1.82) is 0 Å². The fourth-order valence-corrected chi connectivity index (χ4v) is 1.22. The predicted molar refractivity (Wildman–Crippen MR) is 41.7 cm³/mol. The van der Waals surface area contributed by atoms with Crippen LogP contribution in [-0.2, 0) is 14.3 Å². The molecule has 1 aliphatic heterocycles. The number of rotatable bonds is 4. The Hall–Kier alpha value is -0.610. The molecule has 12 heavy (non-hydrogen) atoms. The van der Waals surface area contributed by atoms with E-state index in [-0.39, 0.29) is 12.2 Å². The molecule has 0 aromatic heterocycles. The second kappa shape index (κ2) is 4.42. The van der Waals surface area contributed by atoms with Gasteiger partial charge in [-0.05, 0) is 6.42 Å². The smallest absolute Gasteiger partial charge is 0.306 e. The van der Waals surface area contributed by atoms with Gasteiger partial charge < -0.3 is 14.6 Å². The molecule has 1 atom stereocenters. The molecule has 0 spiro atoms. The van der Waals surface area contributed by atoms with Gasteiger partial charge in [-0.2, -0.15) is 0 Å². The molecule has 0 aliphatic carbocycles. The maximum atomic E-state index is 10.6. The third-order valence-electron chi connectivity index (χ3n) is 2.01. The number of carboxylic acids is 1. The van der Waals surface area contributed by atoms with E-state index in [1.54, 1.807) is 0 Å². The average molecular weight is 174 g/mol. The molecule has 0 aromatic carbocycles. The van der Waals surface area contributed by atoms with Crippen LogP contribution in [0.1, 0.15) is 19.8 Å². The zero-order valence-corrected chi connectivity index (χ0v) is 7.16. The van der Waals surface area contributed by atoms with Gasteiger partial charge in [-0.1, -0.05) is 6.92 Å². The largest absolute Gasteiger partial charge is 0.481 e. The highest BCUT2D eigenvalue weighted by molar-refractivity contribution is 5.69. The Morgan fingerprint density at radius 2 is 2.17 bits per heavy atom. The second-order valence-corrected chi connectivity index (χ2v) is 2.85. The summed E-state index contributed by atoms with van der Waals surface area (Å²) in [7, 11) is 0. The summed E-state index contributed by atoms with van der Waals surface area (Å²) in [6.45, 7) is 3.02. The Kier molecular flexibility index (Phi) is 3.49. The fourth-order valence-electron chi connectivity index (χ4n) is 1.22. The van der Waals surface area contributed by atoms with E-state index < -0.39 is 5.97 Å². The van der Waals surface area contributed by atoms with Crippen LogP contribution in [0.25, 0.3) is 0 Å². The quantitative estimate of drug-likeness (QED) is 0.686. The van der Waals surface area contributed by atoms with E-state index in [1.807, 2.05) is 6.92 Å². The summed E-state index contributed by atoms with van der Waals surface area (Å²) in [6, 6.07) is 0. The van der Waals surface area contributed by atoms with Crippen LogP contribution in [0.5, 0.6) is 0 Å². The molecule has 4 nitrogen and oxygen atoms in total. The lowest BCUT2D eigenvalue weighted by Crippen LogP contribution is -2.20. The maximum absolute atomic E-state index is 10.6. The van der Waals surface area contributed by atoms with Crippen LogP contribution >= 0.6 is 0 Å². The van der Waals surface area contributed by atoms with Crippen LogP contribution in [0, 0.1) is 5.92 Å². The summed E-state index contributed by atoms with van der Waals surface area (Å²) < 4.78 is 10.3. The van der Waals surface area contributed by atoms with Crippen LogP contribution < -0.4 is 0 Å². The van der Waals surface area contributed by atoms with Gasteiger partial charge in [0.15, 0.2) is 6.29 Å². The van der Waals surface area contributed by atoms with Gasteiger partial charge in [0.1, 0.15) is 0 Å². The average Bonchev–Trinajstić information content (AvgIpc) is 2.51. The monoisotopic (exact) mass is 174 g/mol. The highest BCUT2D eigenvalue weighted by Crippen LogP contribution is 2.17. The third kappa shape index (κ3) is 2.46. The molecule has 1 fully saturated rings. The van der Waals surface area contributed by atoms with Crippen molar-refractivity contribution in [2.75, 3.05) is 13.2 Å². The molecule has 1 saturated heterocycles. The maximum Gasteiger partial charge on any atom is 0.306 e. The SMILES string of the molecule is CCC(CC1OCCO1)C(=O)O. The Labute approximate surface area is 71.5 Å². The standard InChI is InChI=1S/C8H14O4/c1-2-6(8(9)10)5-7-11-3-4-12-7/h6-7H,2-5H2,1H3,(H,9,10). The number of hydrogen-bond acceptors (Lipinski definition) is 3. The van der Waals surface area contributed by atoms with Crippen molar-refractivity contribution in [3.05, 3.63) is 0 Å². The van der Waals surface area contributed by atoms with E-state index >= 15 is 0 Å². The highest BCUT2D eigenvalue weighted by Gasteiger charge is 2.24. The molecule has 1 unspecified atom stereocenters. The van der Waals surface area contributed by atoms with Gasteiger partial charge in [-0.15, -0.1) is 0 Å². The summed E-state index contributed by atoms with van der Waals surface area (Å²) in [5, 5.41) is 8.72.